The quantitative estimate of drug-likeness (QED) is 0.687. The third-order valence-corrected chi connectivity index (χ3v) is 7.57. The van der Waals surface area contributed by atoms with Crippen molar-refractivity contribution in [2.75, 3.05) is 18.4 Å². The van der Waals surface area contributed by atoms with Crippen molar-refractivity contribution >= 4 is 27.5 Å². The highest BCUT2D eigenvalue weighted by molar-refractivity contribution is 7.89. The lowest BCUT2D eigenvalue weighted by molar-refractivity contribution is -0.115. The molecule has 1 saturated heterocycles. The maximum Gasteiger partial charge on any atom is 0.251 e. The van der Waals surface area contributed by atoms with Gasteiger partial charge in [0.05, 0.1) is 11.4 Å². The molecule has 2 aromatic carbocycles. The molecular weight excluding hydrogens is 414 g/mol. The van der Waals surface area contributed by atoms with E-state index in [1.165, 1.54) is 28.6 Å². The Labute approximate surface area is 183 Å². The van der Waals surface area contributed by atoms with Gasteiger partial charge in [0.15, 0.2) is 0 Å². The van der Waals surface area contributed by atoms with E-state index in [-0.39, 0.29) is 23.4 Å². The van der Waals surface area contributed by atoms with Gasteiger partial charge in [-0.2, -0.15) is 4.31 Å². The van der Waals surface area contributed by atoms with Crippen LogP contribution in [0.1, 0.15) is 49.0 Å². The van der Waals surface area contributed by atoms with Crippen LogP contribution in [0, 0.1) is 0 Å². The molecule has 1 aliphatic rings. The molecule has 1 heterocycles. The Bertz CT molecular complexity index is 1040. The minimum absolute atomic E-state index is 0.0296. The number of nitrogens with zero attached hydrogens (tertiary/aromatic N) is 1. The van der Waals surface area contributed by atoms with Gasteiger partial charge in [0.25, 0.3) is 5.91 Å². The van der Waals surface area contributed by atoms with Crippen LogP contribution in [-0.2, 0) is 21.2 Å². The van der Waals surface area contributed by atoms with Crippen LogP contribution in [0.15, 0.2) is 53.4 Å². The van der Waals surface area contributed by atoms with E-state index in [9.17, 15) is 18.0 Å². The van der Waals surface area contributed by atoms with Crippen LogP contribution < -0.4 is 10.6 Å². The number of benzene rings is 2. The number of hydrogen-bond acceptors (Lipinski definition) is 4. The molecule has 0 aromatic heterocycles. The largest absolute Gasteiger partial charge is 0.343 e. The van der Waals surface area contributed by atoms with Crippen LogP contribution in [0.5, 0.6) is 0 Å². The SMILES string of the molecule is CCc1ccccc1NC(=O)CNC(=O)c1ccc(S(=O)(=O)N2CCCC[C@@H]2C)cc1. The van der Waals surface area contributed by atoms with Crippen LogP contribution in [0.3, 0.4) is 0 Å². The summed E-state index contributed by atoms with van der Waals surface area (Å²) in [4.78, 5) is 24.8. The standard InChI is InChI=1S/C23H29N3O4S/c1-3-18-9-4-5-10-21(18)25-22(27)16-24-23(28)19-11-13-20(14-12-19)31(29,30)26-15-7-6-8-17(26)2/h4-5,9-14,17H,3,6-8,15-16H2,1-2H3,(H,24,28)(H,25,27)/t17-/m0/s1. The number of hydrogen-bond donors (Lipinski definition) is 2. The van der Waals surface area contributed by atoms with E-state index < -0.39 is 15.9 Å². The Balaban J connectivity index is 1.59. The molecule has 0 saturated carbocycles. The highest BCUT2D eigenvalue weighted by Crippen LogP contribution is 2.25. The number of rotatable bonds is 7. The van der Waals surface area contributed by atoms with Gasteiger partial charge in [-0.15, -0.1) is 0 Å². The molecule has 0 unspecified atom stereocenters. The molecule has 0 radical (unpaired) electrons. The number of amides is 2. The summed E-state index contributed by atoms with van der Waals surface area (Å²) in [5.74, 6) is -0.762. The van der Waals surface area contributed by atoms with E-state index in [0.29, 0.717) is 12.1 Å². The van der Waals surface area contributed by atoms with Crippen LogP contribution in [0.2, 0.25) is 0 Å². The lowest BCUT2D eigenvalue weighted by Gasteiger charge is -2.32. The van der Waals surface area contributed by atoms with Gasteiger partial charge < -0.3 is 10.6 Å². The number of sulfonamides is 1. The van der Waals surface area contributed by atoms with Crippen molar-refractivity contribution in [1.82, 2.24) is 9.62 Å². The molecular formula is C23H29N3O4S. The van der Waals surface area contributed by atoms with E-state index in [1.807, 2.05) is 38.1 Å². The molecule has 166 valence electrons. The van der Waals surface area contributed by atoms with Crippen LogP contribution in [0.25, 0.3) is 0 Å². The number of aryl methyl sites for hydroxylation is 1. The Hall–Kier alpha value is -2.71. The summed E-state index contributed by atoms with van der Waals surface area (Å²) in [5, 5.41) is 5.37. The Kier molecular flexibility index (Phi) is 7.46. The molecule has 0 bridgehead atoms. The summed E-state index contributed by atoms with van der Waals surface area (Å²) in [5.41, 5.74) is 2.04. The average Bonchev–Trinajstić information content (AvgIpc) is 2.78. The van der Waals surface area contributed by atoms with E-state index in [0.717, 1.165) is 36.9 Å². The first-order chi connectivity index (χ1) is 14.8. The first-order valence-corrected chi connectivity index (χ1v) is 12.0. The summed E-state index contributed by atoms with van der Waals surface area (Å²) in [7, 11) is -3.58. The second-order valence-electron chi connectivity index (χ2n) is 7.73. The zero-order chi connectivity index (χ0) is 22.4. The fourth-order valence-electron chi connectivity index (χ4n) is 3.75. The smallest absolute Gasteiger partial charge is 0.251 e. The highest BCUT2D eigenvalue weighted by atomic mass is 32.2. The normalized spacial score (nSPS) is 17.2. The second-order valence-corrected chi connectivity index (χ2v) is 9.62. The summed E-state index contributed by atoms with van der Waals surface area (Å²) in [6, 6.07) is 13.3. The van der Waals surface area contributed by atoms with Gasteiger partial charge in [0, 0.05) is 23.8 Å². The van der Waals surface area contributed by atoms with Gasteiger partial charge in [-0.25, -0.2) is 8.42 Å². The predicted molar refractivity (Wildman–Crippen MR) is 120 cm³/mol. The first kappa shape index (κ1) is 23.0. The Morgan fingerprint density at radius 3 is 2.45 bits per heavy atom. The molecule has 1 atom stereocenters. The fourth-order valence-corrected chi connectivity index (χ4v) is 5.45. The highest BCUT2D eigenvalue weighted by Gasteiger charge is 2.30. The summed E-state index contributed by atoms with van der Waals surface area (Å²) >= 11 is 0. The van der Waals surface area contributed by atoms with Crippen molar-refractivity contribution < 1.29 is 18.0 Å². The Morgan fingerprint density at radius 2 is 1.77 bits per heavy atom. The lowest BCUT2D eigenvalue weighted by Crippen LogP contribution is -2.41. The predicted octanol–water partition coefficient (Wildman–Crippen LogP) is 3.18. The Morgan fingerprint density at radius 1 is 1.06 bits per heavy atom. The third kappa shape index (κ3) is 5.51. The lowest BCUT2D eigenvalue weighted by atomic mass is 10.1. The van der Waals surface area contributed by atoms with Crippen LogP contribution >= 0.6 is 0 Å². The van der Waals surface area contributed by atoms with Crippen molar-refractivity contribution in [2.24, 2.45) is 0 Å². The summed E-state index contributed by atoms with van der Waals surface area (Å²) in [6.07, 6.45) is 3.53. The minimum Gasteiger partial charge on any atom is -0.343 e. The molecule has 0 spiro atoms. The number of nitrogens with one attached hydrogen (secondary N) is 2. The molecule has 8 heteroatoms. The first-order valence-electron chi connectivity index (χ1n) is 10.6. The van der Waals surface area contributed by atoms with Gasteiger partial charge in [0.2, 0.25) is 15.9 Å². The summed E-state index contributed by atoms with van der Waals surface area (Å²) < 4.78 is 27.3. The number of carbonyl (C=O) groups excluding carboxylic acids is 2. The van der Waals surface area contributed by atoms with E-state index in [1.54, 1.807) is 0 Å². The number of anilines is 1. The third-order valence-electron chi connectivity index (χ3n) is 5.55. The topological polar surface area (TPSA) is 95.6 Å². The van der Waals surface area contributed by atoms with Gasteiger partial charge in [-0.1, -0.05) is 31.5 Å². The maximum atomic E-state index is 12.9. The zero-order valence-electron chi connectivity index (χ0n) is 17.9. The van der Waals surface area contributed by atoms with Gasteiger partial charge in [-0.05, 0) is 62.1 Å². The molecule has 1 aliphatic heterocycles. The van der Waals surface area contributed by atoms with E-state index in [2.05, 4.69) is 10.6 Å². The second kappa shape index (κ2) is 10.1. The molecule has 2 amide bonds. The van der Waals surface area contributed by atoms with Crippen molar-refractivity contribution in [3.8, 4) is 0 Å². The summed E-state index contributed by atoms with van der Waals surface area (Å²) in [6.45, 7) is 4.26. The molecule has 2 N–H and O–H groups in total. The fraction of sp³-hybridized carbons (Fsp3) is 0.391. The zero-order valence-corrected chi connectivity index (χ0v) is 18.7. The average molecular weight is 444 g/mol. The molecule has 1 fully saturated rings. The van der Waals surface area contributed by atoms with E-state index >= 15 is 0 Å². The molecule has 31 heavy (non-hydrogen) atoms. The molecule has 7 nitrogen and oxygen atoms in total. The van der Waals surface area contributed by atoms with Crippen LogP contribution in [-0.4, -0.2) is 43.7 Å². The van der Waals surface area contributed by atoms with Gasteiger partial charge in [-0.3, -0.25) is 9.59 Å². The van der Waals surface area contributed by atoms with Gasteiger partial charge in [0.1, 0.15) is 0 Å². The molecule has 0 aliphatic carbocycles. The van der Waals surface area contributed by atoms with Crippen LogP contribution in [0.4, 0.5) is 5.69 Å². The number of carbonyl (C=O) groups is 2. The van der Waals surface area contributed by atoms with E-state index in [4.69, 9.17) is 0 Å². The van der Waals surface area contributed by atoms with Crippen molar-refractivity contribution in [2.45, 2.75) is 50.5 Å². The monoisotopic (exact) mass is 443 g/mol. The van der Waals surface area contributed by atoms with Crippen molar-refractivity contribution in [3.63, 3.8) is 0 Å². The van der Waals surface area contributed by atoms with Gasteiger partial charge >= 0.3 is 0 Å². The van der Waals surface area contributed by atoms with Crippen molar-refractivity contribution in [3.05, 3.63) is 59.7 Å². The minimum atomic E-state index is -3.58. The number of para-hydroxylation sites is 1. The maximum absolute atomic E-state index is 12.9. The van der Waals surface area contributed by atoms with Crippen molar-refractivity contribution in [1.29, 1.82) is 0 Å². The number of piperidine rings is 1. The molecule has 3 rings (SSSR count). The molecule has 2 aromatic rings.